The maximum absolute atomic E-state index is 4.39. The molecule has 1 aliphatic carbocycles. The summed E-state index contributed by atoms with van der Waals surface area (Å²) in [5, 5.41) is 2.53. The van der Waals surface area contributed by atoms with Crippen LogP contribution < -0.4 is 0 Å². The van der Waals surface area contributed by atoms with E-state index in [1.165, 1.54) is 0 Å². The molecule has 0 radical (unpaired) electrons. The zero-order valence-electron chi connectivity index (χ0n) is 2.56. The zero-order chi connectivity index (χ0) is 3.70. The van der Waals surface area contributed by atoms with Crippen LogP contribution in [0.3, 0.4) is 0 Å². The molecule has 0 atom stereocenters. The van der Waals surface area contributed by atoms with Gasteiger partial charge < -0.3 is 0 Å². The second kappa shape index (κ2) is 0.781. The Hall–Kier alpha value is -0.390. The third kappa shape index (κ3) is 0.440. The number of hydrogen-bond acceptors (Lipinski definition) is 1. The molecule has 0 N–H and O–H groups in total. The van der Waals surface area contributed by atoms with E-state index < -0.39 is 0 Å². The normalized spacial score (nSPS) is 14.8. The standard InChI is InChI=1S/C4H2S/c5-3-4-1-2-4/h1-2H. The smallest absolute Gasteiger partial charge is 0.0281 e. The molecule has 0 fully saturated rings. The zero-order valence-corrected chi connectivity index (χ0v) is 3.38. The van der Waals surface area contributed by atoms with Gasteiger partial charge >= 0.3 is 0 Å². The van der Waals surface area contributed by atoms with Crippen LogP contribution in [0.15, 0.2) is 17.7 Å². The highest BCUT2D eigenvalue weighted by Crippen LogP contribution is 2.07. The van der Waals surface area contributed by atoms with Crippen LogP contribution in [0, 0.1) is 0 Å². The Kier molecular flexibility index (Phi) is 0.442. The fraction of sp³-hybridized carbons (Fsp3) is 0. The van der Waals surface area contributed by atoms with Gasteiger partial charge in [0.1, 0.15) is 0 Å². The van der Waals surface area contributed by atoms with Gasteiger partial charge in [-0.25, -0.2) is 0 Å². The summed E-state index contributed by atoms with van der Waals surface area (Å²) in [6.07, 6.45) is 3.85. The summed E-state index contributed by atoms with van der Waals surface area (Å²) < 4.78 is 0. The highest BCUT2D eigenvalue weighted by atomic mass is 32.1. The van der Waals surface area contributed by atoms with Crippen molar-refractivity contribution < 1.29 is 0 Å². The summed E-state index contributed by atoms with van der Waals surface area (Å²) in [6, 6.07) is 0. The minimum absolute atomic E-state index is 1.07. The predicted octanol–water partition coefficient (Wildman–Crippen LogP) is 1.08. The van der Waals surface area contributed by atoms with Gasteiger partial charge in [0.25, 0.3) is 0 Å². The van der Waals surface area contributed by atoms with Gasteiger partial charge in [0.05, 0.1) is 0 Å². The van der Waals surface area contributed by atoms with E-state index in [1.807, 2.05) is 12.2 Å². The SMILES string of the molecule is S=C=C1C=C1. The van der Waals surface area contributed by atoms with Crippen molar-refractivity contribution in [2.75, 3.05) is 0 Å². The van der Waals surface area contributed by atoms with Crippen molar-refractivity contribution in [2.45, 2.75) is 0 Å². The molecule has 0 aliphatic heterocycles. The van der Waals surface area contributed by atoms with Crippen LogP contribution in [0.25, 0.3) is 0 Å². The molecule has 0 spiro atoms. The van der Waals surface area contributed by atoms with E-state index in [9.17, 15) is 0 Å². The highest BCUT2D eigenvalue weighted by Gasteiger charge is 1.92. The summed E-state index contributed by atoms with van der Waals surface area (Å²) in [4.78, 5) is 0. The Bertz CT molecular complexity index is 108. The molecule has 1 heteroatoms. The highest BCUT2D eigenvalue weighted by molar-refractivity contribution is 7.78. The molecule has 0 saturated heterocycles. The lowest BCUT2D eigenvalue weighted by atomic mass is 10.7. The Morgan fingerprint density at radius 1 is 1.60 bits per heavy atom. The fourth-order valence-electron chi connectivity index (χ4n) is 0.110. The van der Waals surface area contributed by atoms with Crippen molar-refractivity contribution >= 4 is 17.2 Å². The van der Waals surface area contributed by atoms with Gasteiger partial charge in [-0.3, -0.25) is 0 Å². The quantitative estimate of drug-likeness (QED) is 0.394. The van der Waals surface area contributed by atoms with Crippen molar-refractivity contribution in [1.82, 2.24) is 0 Å². The van der Waals surface area contributed by atoms with E-state index in [0.29, 0.717) is 0 Å². The lowest BCUT2D eigenvalue weighted by Crippen LogP contribution is -1.35. The molecule has 0 nitrogen and oxygen atoms in total. The van der Waals surface area contributed by atoms with Gasteiger partial charge in [-0.1, -0.05) is 0 Å². The van der Waals surface area contributed by atoms with E-state index in [2.05, 4.69) is 17.2 Å². The molecule has 0 saturated carbocycles. The molecule has 0 unspecified atom stereocenters. The minimum Gasteiger partial charge on any atom is -0.0450 e. The maximum atomic E-state index is 4.39. The van der Waals surface area contributed by atoms with Gasteiger partial charge in [0.15, 0.2) is 0 Å². The van der Waals surface area contributed by atoms with E-state index in [0.717, 1.165) is 5.57 Å². The molecule has 0 amide bonds. The van der Waals surface area contributed by atoms with Crippen LogP contribution >= 0.6 is 12.2 Å². The van der Waals surface area contributed by atoms with Crippen LogP contribution in [0.4, 0.5) is 0 Å². The molecule has 0 aromatic heterocycles. The van der Waals surface area contributed by atoms with Crippen LogP contribution in [-0.4, -0.2) is 5.02 Å². The fourth-order valence-corrected chi connectivity index (χ4v) is 0.246. The van der Waals surface area contributed by atoms with Crippen molar-refractivity contribution in [2.24, 2.45) is 0 Å². The summed E-state index contributed by atoms with van der Waals surface area (Å²) in [5.74, 6) is 0. The van der Waals surface area contributed by atoms with Crippen molar-refractivity contribution in [3.05, 3.63) is 17.7 Å². The Balaban J connectivity index is 2.90. The number of thiocarbonyl (C=S) groups is 1. The molecule has 5 heavy (non-hydrogen) atoms. The van der Waals surface area contributed by atoms with Gasteiger partial charge in [-0.2, -0.15) is 0 Å². The van der Waals surface area contributed by atoms with Gasteiger partial charge in [-0.15, -0.1) is 0 Å². The average molecular weight is 82.1 g/mol. The van der Waals surface area contributed by atoms with Crippen LogP contribution in [0.2, 0.25) is 0 Å². The minimum atomic E-state index is 1.07. The first-order valence-corrected chi connectivity index (χ1v) is 1.77. The molecular formula is C4H2S. The van der Waals surface area contributed by atoms with Gasteiger partial charge in [-0.05, 0) is 29.4 Å². The molecule has 1 rings (SSSR count). The van der Waals surface area contributed by atoms with E-state index >= 15 is 0 Å². The lowest BCUT2D eigenvalue weighted by Gasteiger charge is -1.42. The van der Waals surface area contributed by atoms with Crippen molar-refractivity contribution in [1.29, 1.82) is 0 Å². The first-order valence-electron chi connectivity index (χ1n) is 1.36. The van der Waals surface area contributed by atoms with E-state index in [-0.39, 0.29) is 0 Å². The van der Waals surface area contributed by atoms with Crippen molar-refractivity contribution in [3.8, 4) is 0 Å². The molecule has 0 aromatic carbocycles. The Morgan fingerprint density at radius 2 is 2.20 bits per heavy atom. The van der Waals surface area contributed by atoms with Crippen LogP contribution in [-0.2, 0) is 0 Å². The molecule has 0 bridgehead atoms. The van der Waals surface area contributed by atoms with Crippen LogP contribution in [0.1, 0.15) is 0 Å². The topological polar surface area (TPSA) is 0 Å². The second-order valence-corrected chi connectivity index (χ2v) is 1.09. The summed E-state index contributed by atoms with van der Waals surface area (Å²) in [6.45, 7) is 0. The summed E-state index contributed by atoms with van der Waals surface area (Å²) in [5.41, 5.74) is 1.07. The summed E-state index contributed by atoms with van der Waals surface area (Å²) in [7, 11) is 0. The number of allylic oxidation sites excluding steroid dienone is 3. The first kappa shape index (κ1) is 2.83. The van der Waals surface area contributed by atoms with Crippen molar-refractivity contribution in [3.63, 3.8) is 0 Å². The van der Waals surface area contributed by atoms with Crippen LogP contribution in [0.5, 0.6) is 0 Å². The molecular weight excluding hydrogens is 80.1 g/mol. The largest absolute Gasteiger partial charge is 0.0450 e. The number of rotatable bonds is 0. The van der Waals surface area contributed by atoms with Gasteiger partial charge in [0, 0.05) is 5.57 Å². The number of hydrogen-bond donors (Lipinski definition) is 0. The molecule has 24 valence electrons. The third-order valence-corrected chi connectivity index (χ3v) is 0.687. The first-order chi connectivity index (χ1) is 2.43. The Morgan fingerprint density at radius 3 is 2.20 bits per heavy atom. The monoisotopic (exact) mass is 82.0 g/mol. The molecule has 0 aromatic rings. The maximum Gasteiger partial charge on any atom is 0.0281 e. The van der Waals surface area contributed by atoms with E-state index in [1.54, 1.807) is 0 Å². The lowest BCUT2D eigenvalue weighted by molar-refractivity contribution is 2.29. The second-order valence-electron chi connectivity index (χ2n) is 0.891. The average Bonchev–Trinajstić information content (AvgIpc) is 2.12. The third-order valence-electron chi connectivity index (χ3n) is 0.451. The Labute approximate surface area is 35.8 Å². The van der Waals surface area contributed by atoms with Gasteiger partial charge in [0.2, 0.25) is 0 Å². The predicted molar refractivity (Wildman–Crippen MR) is 25.3 cm³/mol. The molecule has 0 heterocycles. The van der Waals surface area contributed by atoms with E-state index in [4.69, 9.17) is 0 Å². The summed E-state index contributed by atoms with van der Waals surface area (Å²) >= 11 is 4.39. The molecule has 1 aliphatic rings.